The fourth-order valence-corrected chi connectivity index (χ4v) is 2.76. The molecule has 3 heteroatoms. The van der Waals surface area contributed by atoms with E-state index in [1.54, 1.807) is 11.3 Å². The van der Waals surface area contributed by atoms with E-state index in [1.807, 2.05) is 42.6 Å². The molecule has 0 aliphatic carbocycles. The molecule has 78 valence electrons. The van der Waals surface area contributed by atoms with Crippen LogP contribution in [0.5, 0.6) is 0 Å². The molecule has 1 N–H and O–H groups in total. The molecule has 0 fully saturated rings. The van der Waals surface area contributed by atoms with Crippen molar-refractivity contribution in [1.82, 2.24) is 0 Å². The highest BCUT2D eigenvalue weighted by molar-refractivity contribution is 14.1. The molecule has 0 saturated heterocycles. The zero-order valence-corrected chi connectivity index (χ0v) is 11.2. The van der Waals surface area contributed by atoms with Crippen molar-refractivity contribution in [3.8, 4) is 0 Å². The number of thiophene rings is 1. The quantitative estimate of drug-likeness (QED) is 0.832. The molecule has 1 aromatic carbocycles. The standard InChI is InChI=1S/C12H11IOS/c1-8-6-7-15-12(8)11(14)9-2-4-10(13)5-3-9/h2-7,11,14H,1H3. The Morgan fingerprint density at radius 1 is 1.20 bits per heavy atom. The first-order valence-electron chi connectivity index (χ1n) is 4.66. The fraction of sp³-hybridized carbons (Fsp3) is 0.167. The van der Waals surface area contributed by atoms with Crippen molar-refractivity contribution in [2.75, 3.05) is 0 Å². The number of benzene rings is 1. The molecule has 0 amide bonds. The van der Waals surface area contributed by atoms with Crippen molar-refractivity contribution >= 4 is 33.9 Å². The summed E-state index contributed by atoms with van der Waals surface area (Å²) in [4.78, 5) is 1.04. The van der Waals surface area contributed by atoms with E-state index in [-0.39, 0.29) is 0 Å². The second-order valence-electron chi connectivity index (χ2n) is 3.42. The third-order valence-electron chi connectivity index (χ3n) is 2.34. The molecule has 0 aliphatic heterocycles. The van der Waals surface area contributed by atoms with Gasteiger partial charge >= 0.3 is 0 Å². The van der Waals surface area contributed by atoms with Crippen LogP contribution in [0, 0.1) is 10.5 Å². The second-order valence-corrected chi connectivity index (χ2v) is 5.62. The van der Waals surface area contributed by atoms with Gasteiger partial charge in [-0.05, 0) is 64.2 Å². The molecule has 0 bridgehead atoms. The lowest BCUT2D eigenvalue weighted by molar-refractivity contribution is 0.223. The predicted molar refractivity (Wildman–Crippen MR) is 72.3 cm³/mol. The predicted octanol–water partition coefficient (Wildman–Crippen LogP) is 3.74. The van der Waals surface area contributed by atoms with Crippen LogP contribution in [0.4, 0.5) is 0 Å². The molecule has 0 aliphatic rings. The Bertz CT molecular complexity index is 447. The highest BCUT2D eigenvalue weighted by Crippen LogP contribution is 2.29. The molecular weight excluding hydrogens is 319 g/mol. The maximum atomic E-state index is 10.2. The van der Waals surface area contributed by atoms with Crippen LogP contribution in [0.3, 0.4) is 0 Å². The largest absolute Gasteiger partial charge is 0.383 e. The van der Waals surface area contributed by atoms with Crippen molar-refractivity contribution in [2.45, 2.75) is 13.0 Å². The Labute approximate surface area is 107 Å². The zero-order chi connectivity index (χ0) is 10.8. The minimum atomic E-state index is -0.484. The molecule has 1 atom stereocenters. The van der Waals surface area contributed by atoms with Crippen molar-refractivity contribution in [3.05, 3.63) is 55.3 Å². The molecular formula is C12H11IOS. The Kier molecular flexibility index (Phi) is 3.43. The summed E-state index contributed by atoms with van der Waals surface area (Å²) in [5.74, 6) is 0. The average molecular weight is 330 g/mol. The summed E-state index contributed by atoms with van der Waals surface area (Å²) in [6.07, 6.45) is -0.484. The Hall–Kier alpha value is -0.390. The van der Waals surface area contributed by atoms with Gasteiger partial charge < -0.3 is 5.11 Å². The van der Waals surface area contributed by atoms with Crippen LogP contribution in [-0.4, -0.2) is 5.11 Å². The Morgan fingerprint density at radius 2 is 1.87 bits per heavy atom. The van der Waals surface area contributed by atoms with Gasteiger partial charge in [0.05, 0.1) is 0 Å². The summed E-state index contributed by atoms with van der Waals surface area (Å²) in [7, 11) is 0. The van der Waals surface area contributed by atoms with Gasteiger partial charge in [0.15, 0.2) is 0 Å². The third kappa shape index (κ3) is 2.41. The number of hydrogen-bond donors (Lipinski definition) is 1. The Morgan fingerprint density at radius 3 is 2.40 bits per heavy atom. The van der Waals surface area contributed by atoms with Crippen molar-refractivity contribution < 1.29 is 5.11 Å². The molecule has 0 saturated carbocycles. The molecule has 2 rings (SSSR count). The zero-order valence-electron chi connectivity index (χ0n) is 8.27. The first-order chi connectivity index (χ1) is 7.18. The third-order valence-corrected chi connectivity index (χ3v) is 4.13. The van der Waals surface area contributed by atoms with E-state index in [0.717, 1.165) is 16.0 Å². The number of rotatable bonds is 2. The minimum Gasteiger partial charge on any atom is -0.383 e. The summed E-state index contributed by atoms with van der Waals surface area (Å²) < 4.78 is 1.19. The van der Waals surface area contributed by atoms with E-state index in [1.165, 1.54) is 3.57 Å². The van der Waals surface area contributed by atoms with Crippen LogP contribution in [0.15, 0.2) is 35.7 Å². The molecule has 2 aromatic rings. The summed E-state index contributed by atoms with van der Waals surface area (Å²) >= 11 is 3.87. The van der Waals surface area contributed by atoms with Gasteiger partial charge in [0.25, 0.3) is 0 Å². The van der Waals surface area contributed by atoms with Crippen molar-refractivity contribution in [3.63, 3.8) is 0 Å². The first-order valence-corrected chi connectivity index (χ1v) is 6.62. The van der Waals surface area contributed by atoms with Gasteiger partial charge in [-0.25, -0.2) is 0 Å². The highest BCUT2D eigenvalue weighted by Gasteiger charge is 2.13. The van der Waals surface area contributed by atoms with Gasteiger partial charge in [0, 0.05) is 8.45 Å². The SMILES string of the molecule is Cc1ccsc1C(O)c1ccc(I)cc1. The number of halogens is 1. The maximum Gasteiger partial charge on any atom is 0.113 e. The summed E-state index contributed by atoms with van der Waals surface area (Å²) in [6.45, 7) is 2.03. The summed E-state index contributed by atoms with van der Waals surface area (Å²) in [6, 6.07) is 10.0. The lowest BCUT2D eigenvalue weighted by Crippen LogP contribution is -1.98. The van der Waals surface area contributed by atoms with Crippen LogP contribution in [0.25, 0.3) is 0 Å². The number of hydrogen-bond acceptors (Lipinski definition) is 2. The van der Waals surface area contributed by atoms with E-state index >= 15 is 0 Å². The van der Waals surface area contributed by atoms with E-state index < -0.39 is 6.10 Å². The van der Waals surface area contributed by atoms with E-state index in [2.05, 4.69) is 22.6 Å². The van der Waals surface area contributed by atoms with Gasteiger partial charge in [-0.1, -0.05) is 12.1 Å². The lowest BCUT2D eigenvalue weighted by Gasteiger charge is -2.10. The van der Waals surface area contributed by atoms with Crippen LogP contribution in [-0.2, 0) is 0 Å². The van der Waals surface area contributed by atoms with Gasteiger partial charge in [-0.2, -0.15) is 0 Å². The molecule has 15 heavy (non-hydrogen) atoms. The number of aliphatic hydroxyl groups is 1. The maximum absolute atomic E-state index is 10.2. The molecule has 1 nitrogen and oxygen atoms in total. The van der Waals surface area contributed by atoms with Gasteiger partial charge in [0.1, 0.15) is 6.10 Å². The van der Waals surface area contributed by atoms with Crippen molar-refractivity contribution in [1.29, 1.82) is 0 Å². The van der Waals surface area contributed by atoms with E-state index in [9.17, 15) is 5.11 Å². The molecule has 0 radical (unpaired) electrons. The van der Waals surface area contributed by atoms with Gasteiger partial charge in [-0.15, -0.1) is 11.3 Å². The van der Waals surface area contributed by atoms with E-state index in [4.69, 9.17) is 0 Å². The average Bonchev–Trinajstić information content (AvgIpc) is 2.65. The molecule has 1 heterocycles. The van der Waals surface area contributed by atoms with E-state index in [0.29, 0.717) is 0 Å². The molecule has 1 unspecified atom stereocenters. The van der Waals surface area contributed by atoms with Crippen LogP contribution < -0.4 is 0 Å². The fourth-order valence-electron chi connectivity index (χ4n) is 1.46. The first kappa shape index (κ1) is 11.1. The van der Waals surface area contributed by atoms with Crippen molar-refractivity contribution in [2.24, 2.45) is 0 Å². The Balaban J connectivity index is 2.32. The number of aliphatic hydroxyl groups excluding tert-OH is 1. The molecule has 0 spiro atoms. The van der Waals surface area contributed by atoms with Crippen LogP contribution in [0.2, 0.25) is 0 Å². The van der Waals surface area contributed by atoms with Gasteiger partial charge in [-0.3, -0.25) is 0 Å². The molecule has 1 aromatic heterocycles. The summed E-state index contributed by atoms with van der Waals surface area (Å²) in [5.41, 5.74) is 2.12. The lowest BCUT2D eigenvalue weighted by atomic mass is 10.1. The number of aryl methyl sites for hydroxylation is 1. The normalized spacial score (nSPS) is 12.7. The summed E-state index contributed by atoms with van der Waals surface area (Å²) in [5, 5.41) is 12.2. The van der Waals surface area contributed by atoms with Gasteiger partial charge in [0.2, 0.25) is 0 Å². The van der Waals surface area contributed by atoms with Crippen LogP contribution in [0.1, 0.15) is 22.1 Å². The highest BCUT2D eigenvalue weighted by atomic mass is 127. The van der Waals surface area contributed by atoms with Crippen LogP contribution >= 0.6 is 33.9 Å². The minimum absolute atomic E-state index is 0.484. The second kappa shape index (κ2) is 4.63. The smallest absolute Gasteiger partial charge is 0.113 e. The monoisotopic (exact) mass is 330 g/mol. The topological polar surface area (TPSA) is 20.2 Å².